The number of nitrogens with zero attached hydrogens (tertiary/aromatic N) is 3. The van der Waals surface area contributed by atoms with Crippen molar-refractivity contribution in [1.82, 2.24) is 4.98 Å². The van der Waals surface area contributed by atoms with Crippen LogP contribution < -0.4 is 9.96 Å². The van der Waals surface area contributed by atoms with Gasteiger partial charge in [0.1, 0.15) is 11.5 Å². The van der Waals surface area contributed by atoms with Crippen LogP contribution in [0.1, 0.15) is 22.7 Å². The molecular formula is C29H20F3N3O3. The summed E-state index contributed by atoms with van der Waals surface area (Å²) >= 11 is 0. The summed E-state index contributed by atoms with van der Waals surface area (Å²) < 4.78 is 40.5. The second kappa shape index (κ2) is 8.81. The fourth-order valence-corrected chi connectivity index (χ4v) is 5.39. The normalized spacial score (nSPS) is 23.1. The molecule has 2 aliphatic heterocycles. The molecule has 2 fully saturated rings. The minimum absolute atomic E-state index is 0.167. The largest absolute Gasteiger partial charge is 0.416 e. The van der Waals surface area contributed by atoms with Crippen molar-refractivity contribution >= 4 is 23.2 Å². The number of amides is 2. The van der Waals surface area contributed by atoms with Crippen LogP contribution in [-0.2, 0) is 26.0 Å². The van der Waals surface area contributed by atoms with E-state index < -0.39 is 41.1 Å². The van der Waals surface area contributed by atoms with Crippen molar-refractivity contribution in [3.05, 3.63) is 126 Å². The lowest BCUT2D eigenvalue weighted by Crippen LogP contribution is -2.46. The van der Waals surface area contributed by atoms with E-state index in [2.05, 4.69) is 4.98 Å². The van der Waals surface area contributed by atoms with E-state index in [4.69, 9.17) is 4.84 Å². The topological polar surface area (TPSA) is 62.7 Å². The van der Waals surface area contributed by atoms with Gasteiger partial charge in [-0.25, -0.2) is 9.96 Å². The Labute approximate surface area is 215 Å². The predicted octanol–water partition coefficient (Wildman–Crippen LogP) is 5.47. The molecule has 1 aromatic heterocycles. The third kappa shape index (κ3) is 3.50. The van der Waals surface area contributed by atoms with Crippen molar-refractivity contribution in [2.45, 2.75) is 23.7 Å². The first-order valence-electron chi connectivity index (χ1n) is 11.9. The Morgan fingerprint density at radius 3 is 2.16 bits per heavy atom. The van der Waals surface area contributed by atoms with Crippen LogP contribution in [0.5, 0.6) is 0 Å². The molecule has 3 aromatic carbocycles. The molecule has 0 spiro atoms. The van der Waals surface area contributed by atoms with Crippen molar-refractivity contribution in [1.29, 1.82) is 0 Å². The van der Waals surface area contributed by atoms with Gasteiger partial charge in [0.15, 0.2) is 6.10 Å². The zero-order chi connectivity index (χ0) is 26.5. The average molecular weight is 515 g/mol. The van der Waals surface area contributed by atoms with Crippen molar-refractivity contribution in [2.75, 3.05) is 9.96 Å². The number of hydroxylamine groups is 1. The maximum absolute atomic E-state index is 14.5. The molecule has 3 unspecified atom stereocenters. The summed E-state index contributed by atoms with van der Waals surface area (Å²) in [7, 11) is 0. The van der Waals surface area contributed by atoms with Gasteiger partial charge < -0.3 is 0 Å². The summed E-state index contributed by atoms with van der Waals surface area (Å²) in [5, 5.41) is 1.54. The van der Waals surface area contributed by atoms with Crippen molar-refractivity contribution in [3.63, 3.8) is 0 Å². The lowest BCUT2D eigenvalue weighted by Gasteiger charge is -2.35. The van der Waals surface area contributed by atoms with Gasteiger partial charge in [-0.15, -0.1) is 0 Å². The number of rotatable bonds is 4. The zero-order valence-electron chi connectivity index (χ0n) is 19.7. The maximum atomic E-state index is 14.5. The number of carbonyl (C=O) groups excluding carboxylic acids is 2. The highest BCUT2D eigenvalue weighted by atomic mass is 19.4. The molecule has 0 radical (unpaired) electrons. The Kier molecular flexibility index (Phi) is 5.53. The van der Waals surface area contributed by atoms with Crippen LogP contribution in [0.3, 0.4) is 0 Å². The molecule has 3 atom stereocenters. The number of para-hydroxylation sites is 1. The van der Waals surface area contributed by atoms with E-state index >= 15 is 0 Å². The Balaban J connectivity index is 1.59. The molecule has 0 aliphatic carbocycles. The average Bonchev–Trinajstić information content (AvgIpc) is 3.41. The first-order valence-corrected chi connectivity index (χ1v) is 11.9. The highest BCUT2D eigenvalue weighted by molar-refractivity contribution is 6.28. The van der Waals surface area contributed by atoms with Crippen LogP contribution in [0.4, 0.5) is 24.5 Å². The molecule has 0 bridgehead atoms. The Morgan fingerprint density at radius 2 is 1.50 bits per heavy atom. The van der Waals surface area contributed by atoms with Crippen LogP contribution >= 0.6 is 0 Å². The molecule has 6 nitrogen and oxygen atoms in total. The van der Waals surface area contributed by atoms with Crippen LogP contribution in [0.2, 0.25) is 0 Å². The predicted molar refractivity (Wildman–Crippen MR) is 133 cm³/mol. The molecule has 0 N–H and O–H groups in total. The molecule has 9 heteroatoms. The summed E-state index contributed by atoms with van der Waals surface area (Å²) in [6, 6.07) is 24.6. The number of hydrogen-bond donors (Lipinski definition) is 0. The standard InChI is InChI=1S/C29H20F3N3O3/c30-29(31,32)21-12-7-15-23(17-21)34-26(36)25-28(27(34)37,20-10-3-1-4-11-20)24(19-9-8-16-33-18-19)35(38-25)22-13-5-2-6-14-22/h1-18,24-25H. The maximum Gasteiger partial charge on any atom is 0.416 e. The van der Waals surface area contributed by atoms with Gasteiger partial charge in [0, 0.05) is 12.4 Å². The molecule has 38 heavy (non-hydrogen) atoms. The van der Waals surface area contributed by atoms with Crippen molar-refractivity contribution in [2.24, 2.45) is 0 Å². The van der Waals surface area contributed by atoms with Gasteiger partial charge in [-0.2, -0.15) is 13.2 Å². The van der Waals surface area contributed by atoms with E-state index in [1.807, 2.05) is 6.07 Å². The SMILES string of the molecule is O=C1C2ON(c3ccccc3)C(c3cccnc3)C2(c2ccccc2)C(=O)N1c1cccc(C(F)(F)F)c1. The minimum atomic E-state index is -4.65. The monoisotopic (exact) mass is 515 g/mol. The molecule has 2 amide bonds. The minimum Gasteiger partial charge on any atom is -0.273 e. The van der Waals surface area contributed by atoms with E-state index in [0.29, 0.717) is 16.8 Å². The van der Waals surface area contributed by atoms with Crippen molar-refractivity contribution in [3.8, 4) is 0 Å². The first kappa shape index (κ1) is 23.9. The number of alkyl halides is 3. The molecule has 2 saturated heterocycles. The Morgan fingerprint density at radius 1 is 0.816 bits per heavy atom. The lowest BCUT2D eigenvalue weighted by atomic mass is 9.69. The first-order chi connectivity index (χ1) is 18.3. The van der Waals surface area contributed by atoms with Crippen LogP contribution in [-0.4, -0.2) is 22.9 Å². The number of hydrogen-bond acceptors (Lipinski definition) is 5. The second-order valence-corrected chi connectivity index (χ2v) is 9.10. The highest BCUT2D eigenvalue weighted by Crippen LogP contribution is 2.57. The van der Waals surface area contributed by atoms with Gasteiger partial charge in [-0.05, 0) is 47.5 Å². The summed E-state index contributed by atoms with van der Waals surface area (Å²) in [4.78, 5) is 39.8. The fourth-order valence-electron chi connectivity index (χ4n) is 5.39. The fraction of sp³-hybridized carbons (Fsp3) is 0.138. The molecule has 4 aromatic rings. The van der Waals surface area contributed by atoms with Crippen LogP contribution in [0.15, 0.2) is 109 Å². The molecule has 0 saturated carbocycles. The number of fused-ring (bicyclic) bond motifs is 1. The Bertz CT molecular complexity index is 1500. The summed E-state index contributed by atoms with van der Waals surface area (Å²) in [5.74, 6) is -1.42. The third-order valence-corrected chi connectivity index (χ3v) is 6.99. The van der Waals surface area contributed by atoms with Gasteiger partial charge in [-0.1, -0.05) is 60.7 Å². The number of aromatic nitrogens is 1. The van der Waals surface area contributed by atoms with Gasteiger partial charge >= 0.3 is 6.18 Å². The number of halogens is 3. The van der Waals surface area contributed by atoms with Gasteiger partial charge in [0.05, 0.1) is 16.9 Å². The third-order valence-electron chi connectivity index (χ3n) is 6.99. The van der Waals surface area contributed by atoms with Gasteiger partial charge in [-0.3, -0.25) is 19.4 Å². The number of anilines is 2. The van der Waals surface area contributed by atoms with E-state index in [1.165, 1.54) is 17.2 Å². The van der Waals surface area contributed by atoms with Gasteiger partial charge in [0.25, 0.3) is 5.91 Å². The van der Waals surface area contributed by atoms with Crippen molar-refractivity contribution < 1.29 is 27.6 Å². The number of imide groups is 1. The quantitative estimate of drug-likeness (QED) is 0.337. The van der Waals surface area contributed by atoms with E-state index in [0.717, 1.165) is 17.0 Å². The zero-order valence-corrected chi connectivity index (χ0v) is 19.7. The molecule has 6 rings (SSSR count). The van der Waals surface area contributed by atoms with E-state index in [9.17, 15) is 22.8 Å². The number of pyridine rings is 1. The molecular weight excluding hydrogens is 495 g/mol. The lowest BCUT2D eigenvalue weighted by molar-refractivity contribution is -0.137. The molecule has 2 aliphatic rings. The van der Waals surface area contributed by atoms with Crippen LogP contribution in [0.25, 0.3) is 0 Å². The molecule has 3 heterocycles. The summed E-state index contributed by atoms with van der Waals surface area (Å²) in [6.07, 6.45) is -2.79. The van der Waals surface area contributed by atoms with Gasteiger partial charge in [0.2, 0.25) is 5.91 Å². The number of benzene rings is 3. The van der Waals surface area contributed by atoms with Crippen LogP contribution in [0, 0.1) is 0 Å². The van der Waals surface area contributed by atoms with E-state index in [-0.39, 0.29) is 5.69 Å². The summed E-state index contributed by atoms with van der Waals surface area (Å²) in [5.41, 5.74) is -1.01. The molecule has 190 valence electrons. The summed E-state index contributed by atoms with van der Waals surface area (Å²) in [6.45, 7) is 0. The number of carbonyl (C=O) groups is 2. The Hall–Kier alpha value is -4.50. The highest BCUT2D eigenvalue weighted by Gasteiger charge is 2.72. The second-order valence-electron chi connectivity index (χ2n) is 9.10. The van der Waals surface area contributed by atoms with E-state index in [1.54, 1.807) is 79.1 Å². The smallest absolute Gasteiger partial charge is 0.273 e.